The average molecular weight is 290 g/mol. The summed E-state index contributed by atoms with van der Waals surface area (Å²) in [4.78, 5) is 12.2. The van der Waals surface area contributed by atoms with Gasteiger partial charge in [0, 0.05) is 0 Å². The highest BCUT2D eigenvalue weighted by Gasteiger charge is 2.52. The van der Waals surface area contributed by atoms with E-state index in [4.69, 9.17) is 18.9 Å². The predicted molar refractivity (Wildman–Crippen MR) is 73.3 cm³/mol. The van der Waals surface area contributed by atoms with Crippen LogP contribution in [0.2, 0.25) is 0 Å². The highest BCUT2D eigenvalue weighted by atomic mass is 16.7. The first-order valence-corrected chi connectivity index (χ1v) is 7.39. The maximum atomic E-state index is 12.2. The lowest BCUT2D eigenvalue weighted by molar-refractivity contribution is -0.161. The summed E-state index contributed by atoms with van der Waals surface area (Å²) in [7, 11) is 1.44. The molecule has 1 spiro atoms. The third kappa shape index (κ3) is 1.77. The molecule has 2 aliphatic heterocycles. The first-order chi connectivity index (χ1) is 10.2. The van der Waals surface area contributed by atoms with Crippen molar-refractivity contribution < 1.29 is 23.7 Å². The van der Waals surface area contributed by atoms with Crippen molar-refractivity contribution in [3.63, 3.8) is 0 Å². The highest BCUT2D eigenvalue weighted by Crippen LogP contribution is 2.52. The van der Waals surface area contributed by atoms with Gasteiger partial charge in [-0.2, -0.15) is 0 Å². The van der Waals surface area contributed by atoms with E-state index in [-0.39, 0.29) is 18.7 Å². The van der Waals surface area contributed by atoms with E-state index in [1.165, 1.54) is 12.7 Å². The van der Waals surface area contributed by atoms with Crippen LogP contribution >= 0.6 is 0 Å². The van der Waals surface area contributed by atoms with Crippen molar-refractivity contribution in [3.05, 3.63) is 23.3 Å². The summed E-state index contributed by atoms with van der Waals surface area (Å²) in [6.45, 7) is 0.882. The molecule has 4 rings (SSSR count). The molecule has 21 heavy (non-hydrogen) atoms. The monoisotopic (exact) mass is 290 g/mol. The molecular weight excluding hydrogens is 272 g/mol. The number of carbonyl (C=O) groups is 1. The van der Waals surface area contributed by atoms with E-state index in [0.717, 1.165) is 42.7 Å². The van der Waals surface area contributed by atoms with E-state index in [0.29, 0.717) is 6.61 Å². The number of carbonyl (C=O) groups excluding carboxylic acids is 1. The van der Waals surface area contributed by atoms with Gasteiger partial charge in [-0.1, -0.05) is 0 Å². The Labute approximate surface area is 123 Å². The zero-order valence-electron chi connectivity index (χ0n) is 12.0. The summed E-state index contributed by atoms with van der Waals surface area (Å²) >= 11 is 0. The largest absolute Gasteiger partial charge is 0.469 e. The summed E-state index contributed by atoms with van der Waals surface area (Å²) in [5.74, 6) is 1.12. The normalized spacial score (nSPS) is 29.5. The van der Waals surface area contributed by atoms with Crippen LogP contribution in [0, 0.1) is 5.92 Å². The summed E-state index contributed by atoms with van der Waals surface area (Å²) in [5.41, 5.74) is 1.72. The van der Waals surface area contributed by atoms with Crippen molar-refractivity contribution in [3.8, 4) is 11.5 Å². The van der Waals surface area contributed by atoms with Crippen LogP contribution in [0.5, 0.6) is 11.5 Å². The number of rotatable bonds is 1. The molecule has 0 unspecified atom stereocenters. The number of hydrogen-bond donors (Lipinski definition) is 0. The number of hydrogen-bond acceptors (Lipinski definition) is 5. The van der Waals surface area contributed by atoms with Gasteiger partial charge in [-0.05, 0) is 48.9 Å². The minimum Gasteiger partial charge on any atom is -0.469 e. The van der Waals surface area contributed by atoms with Gasteiger partial charge in [0.05, 0.1) is 19.6 Å². The predicted octanol–water partition coefficient (Wildman–Crippen LogP) is 2.16. The van der Waals surface area contributed by atoms with E-state index in [9.17, 15) is 4.79 Å². The van der Waals surface area contributed by atoms with Gasteiger partial charge in [0.25, 0.3) is 0 Å². The fourth-order valence-corrected chi connectivity index (χ4v) is 3.93. The molecule has 1 fully saturated rings. The Balaban J connectivity index is 1.84. The second-order valence-electron chi connectivity index (χ2n) is 5.82. The van der Waals surface area contributed by atoms with E-state index < -0.39 is 5.60 Å². The zero-order valence-corrected chi connectivity index (χ0v) is 12.0. The first kappa shape index (κ1) is 13.0. The van der Waals surface area contributed by atoms with Crippen LogP contribution in [0.1, 0.15) is 30.4 Å². The summed E-state index contributed by atoms with van der Waals surface area (Å²) < 4.78 is 22.1. The molecule has 0 saturated heterocycles. The van der Waals surface area contributed by atoms with Gasteiger partial charge < -0.3 is 18.9 Å². The summed E-state index contributed by atoms with van der Waals surface area (Å²) in [5, 5.41) is 0. The molecule has 2 atom stereocenters. The van der Waals surface area contributed by atoms with Gasteiger partial charge >= 0.3 is 5.97 Å². The Kier molecular flexibility index (Phi) is 2.85. The fourth-order valence-electron chi connectivity index (χ4n) is 3.93. The summed E-state index contributed by atoms with van der Waals surface area (Å²) in [6.07, 6.45) is 3.45. The maximum absolute atomic E-state index is 12.2. The third-order valence-corrected chi connectivity index (χ3v) is 4.87. The first-order valence-electron chi connectivity index (χ1n) is 7.39. The van der Waals surface area contributed by atoms with E-state index in [1.54, 1.807) is 0 Å². The van der Waals surface area contributed by atoms with Crippen LogP contribution in [-0.4, -0.2) is 26.5 Å². The van der Waals surface area contributed by atoms with Gasteiger partial charge in [0.1, 0.15) is 5.60 Å². The number of methoxy groups -OCH3 is 1. The van der Waals surface area contributed by atoms with Gasteiger partial charge in [0.2, 0.25) is 6.79 Å². The highest BCUT2D eigenvalue weighted by molar-refractivity contribution is 5.75. The molecule has 2 heterocycles. The maximum Gasteiger partial charge on any atom is 0.311 e. The van der Waals surface area contributed by atoms with Crippen LogP contribution in [-0.2, 0) is 26.3 Å². The molecular formula is C16H18O5. The van der Waals surface area contributed by atoms with Gasteiger partial charge in [-0.15, -0.1) is 0 Å². The molecule has 5 nitrogen and oxygen atoms in total. The van der Waals surface area contributed by atoms with Crippen LogP contribution in [0.3, 0.4) is 0 Å². The number of benzene rings is 1. The second kappa shape index (κ2) is 4.63. The van der Waals surface area contributed by atoms with Gasteiger partial charge in [-0.25, -0.2) is 0 Å². The molecule has 1 aromatic rings. The number of fused-ring (bicyclic) bond motifs is 3. The van der Waals surface area contributed by atoms with E-state index >= 15 is 0 Å². The molecule has 1 saturated carbocycles. The molecule has 0 bridgehead atoms. The molecule has 1 aromatic carbocycles. The Morgan fingerprint density at radius 2 is 2.14 bits per heavy atom. The van der Waals surface area contributed by atoms with E-state index in [1.807, 2.05) is 12.1 Å². The lowest BCUT2D eigenvalue weighted by atomic mass is 9.78. The molecule has 3 aliphatic rings. The minimum absolute atomic E-state index is 0.182. The van der Waals surface area contributed by atoms with Crippen molar-refractivity contribution in [2.24, 2.45) is 5.92 Å². The minimum atomic E-state index is -0.554. The van der Waals surface area contributed by atoms with Crippen molar-refractivity contribution in [1.29, 1.82) is 0 Å². The van der Waals surface area contributed by atoms with E-state index in [2.05, 4.69) is 0 Å². The molecule has 0 radical (unpaired) electrons. The molecule has 5 heteroatoms. The standard InChI is InChI=1S/C16H18O5/c1-18-15(17)11-3-2-5-16(11)12-8-14-13(19-9-20-14)7-10(12)4-6-21-16/h7-8,11H,2-6,9H2,1H3/t11-,16-/m0/s1. The Hall–Kier alpha value is -1.75. The Bertz CT molecular complexity index is 597. The third-order valence-electron chi connectivity index (χ3n) is 4.87. The molecule has 0 aromatic heterocycles. The topological polar surface area (TPSA) is 54.0 Å². The lowest BCUT2D eigenvalue weighted by Crippen LogP contribution is -2.42. The Morgan fingerprint density at radius 3 is 2.95 bits per heavy atom. The van der Waals surface area contributed by atoms with Crippen LogP contribution in [0.15, 0.2) is 12.1 Å². The van der Waals surface area contributed by atoms with Crippen molar-refractivity contribution in [1.82, 2.24) is 0 Å². The quantitative estimate of drug-likeness (QED) is 0.742. The van der Waals surface area contributed by atoms with Crippen LogP contribution in [0.25, 0.3) is 0 Å². The SMILES string of the molecule is COC(=O)[C@@H]1CCC[C@]12OCCc1cc3c(cc12)OCO3. The Morgan fingerprint density at radius 1 is 1.33 bits per heavy atom. The summed E-state index contributed by atoms with van der Waals surface area (Å²) in [6, 6.07) is 4.03. The van der Waals surface area contributed by atoms with Crippen LogP contribution in [0.4, 0.5) is 0 Å². The number of ether oxygens (including phenoxy) is 4. The lowest BCUT2D eigenvalue weighted by Gasteiger charge is -2.39. The molecule has 1 aliphatic carbocycles. The van der Waals surface area contributed by atoms with Crippen molar-refractivity contribution in [2.45, 2.75) is 31.3 Å². The fraction of sp³-hybridized carbons (Fsp3) is 0.562. The molecule has 0 N–H and O–H groups in total. The zero-order chi connectivity index (χ0) is 14.4. The average Bonchev–Trinajstić information content (AvgIpc) is 3.12. The van der Waals surface area contributed by atoms with Crippen molar-refractivity contribution in [2.75, 3.05) is 20.5 Å². The molecule has 0 amide bonds. The smallest absolute Gasteiger partial charge is 0.311 e. The second-order valence-corrected chi connectivity index (χ2v) is 5.82. The number of esters is 1. The van der Waals surface area contributed by atoms with Gasteiger partial charge in [-0.3, -0.25) is 4.79 Å². The van der Waals surface area contributed by atoms with Crippen LogP contribution < -0.4 is 9.47 Å². The molecule has 112 valence electrons. The van der Waals surface area contributed by atoms with Gasteiger partial charge in [0.15, 0.2) is 11.5 Å². The van der Waals surface area contributed by atoms with Crippen molar-refractivity contribution >= 4 is 5.97 Å².